The second-order valence-electron chi connectivity index (χ2n) is 4.18. The Kier molecular flexibility index (Phi) is 6.83. The van der Waals surface area contributed by atoms with E-state index in [1.807, 2.05) is 0 Å². The lowest BCUT2D eigenvalue weighted by atomic mass is 10.1. The van der Waals surface area contributed by atoms with Crippen LogP contribution >= 0.6 is 11.8 Å². The van der Waals surface area contributed by atoms with E-state index in [1.165, 1.54) is 0 Å². The van der Waals surface area contributed by atoms with Crippen molar-refractivity contribution in [2.24, 2.45) is 0 Å². The molecule has 0 aliphatic rings. The molecular weight excluding hydrogens is 307 g/mol. The zero-order chi connectivity index (χ0) is 15.9. The number of alkyl halides is 3. The van der Waals surface area contributed by atoms with Crippen LogP contribution in [0.4, 0.5) is 18.9 Å². The number of aromatic carboxylic acids is 1. The van der Waals surface area contributed by atoms with Crippen LogP contribution < -0.4 is 5.32 Å². The van der Waals surface area contributed by atoms with Crippen LogP contribution in [0.1, 0.15) is 22.3 Å². The summed E-state index contributed by atoms with van der Waals surface area (Å²) in [6, 6.07) is 2.61. The van der Waals surface area contributed by atoms with Crippen molar-refractivity contribution < 1.29 is 28.2 Å². The molecule has 0 saturated heterocycles. The molecule has 0 saturated carbocycles. The highest BCUT2D eigenvalue weighted by molar-refractivity contribution is 7.99. The van der Waals surface area contributed by atoms with Gasteiger partial charge in [-0.05, 0) is 30.4 Å². The maximum atomic E-state index is 12.6. The molecule has 1 aromatic carbocycles. The van der Waals surface area contributed by atoms with Gasteiger partial charge in [0.2, 0.25) is 0 Å². The van der Waals surface area contributed by atoms with Gasteiger partial charge in [-0.15, -0.1) is 0 Å². The number of carboxylic acid groups (broad SMARTS) is 1. The van der Waals surface area contributed by atoms with E-state index in [9.17, 15) is 18.0 Å². The van der Waals surface area contributed by atoms with Gasteiger partial charge in [-0.3, -0.25) is 0 Å². The first-order chi connectivity index (χ1) is 9.86. The summed E-state index contributed by atoms with van der Waals surface area (Å²) in [5.74, 6) is 0.0355. The first-order valence-electron chi connectivity index (χ1n) is 6.23. The number of halogens is 3. The fourth-order valence-corrected chi connectivity index (χ4v) is 2.36. The molecule has 118 valence electrons. The molecule has 0 aromatic heterocycles. The molecule has 0 spiro atoms. The molecule has 4 nitrogen and oxygen atoms in total. The van der Waals surface area contributed by atoms with E-state index in [0.29, 0.717) is 24.8 Å². The normalized spacial score (nSPS) is 11.4. The van der Waals surface area contributed by atoms with Gasteiger partial charge in [-0.2, -0.15) is 24.9 Å². The lowest BCUT2D eigenvalue weighted by Crippen LogP contribution is -2.12. The third kappa shape index (κ3) is 5.84. The number of carboxylic acids is 1. The van der Waals surface area contributed by atoms with Crippen LogP contribution in [0, 0.1) is 0 Å². The highest BCUT2D eigenvalue weighted by Gasteiger charge is 2.31. The Morgan fingerprint density at radius 3 is 2.57 bits per heavy atom. The van der Waals surface area contributed by atoms with Crippen molar-refractivity contribution in [2.45, 2.75) is 12.6 Å². The van der Waals surface area contributed by atoms with Gasteiger partial charge in [-0.1, -0.05) is 0 Å². The predicted octanol–water partition coefficient (Wildman–Crippen LogP) is 2.93. The fraction of sp³-hybridized carbons (Fsp3) is 0.462. The predicted molar refractivity (Wildman–Crippen MR) is 75.9 cm³/mol. The summed E-state index contributed by atoms with van der Waals surface area (Å²) in [7, 11) is 0. The topological polar surface area (TPSA) is 69.6 Å². The highest BCUT2D eigenvalue weighted by Crippen LogP contribution is 2.31. The van der Waals surface area contributed by atoms with E-state index >= 15 is 0 Å². The second kappa shape index (κ2) is 8.14. The molecule has 1 aromatic rings. The van der Waals surface area contributed by atoms with E-state index in [4.69, 9.17) is 10.2 Å². The van der Waals surface area contributed by atoms with Crippen LogP contribution in [0.15, 0.2) is 18.2 Å². The number of aliphatic hydroxyl groups excluding tert-OH is 1. The van der Waals surface area contributed by atoms with Crippen LogP contribution in [0.25, 0.3) is 0 Å². The molecule has 0 amide bonds. The molecule has 21 heavy (non-hydrogen) atoms. The van der Waals surface area contributed by atoms with Crippen molar-refractivity contribution in [3.8, 4) is 0 Å². The number of hydrogen-bond acceptors (Lipinski definition) is 4. The minimum absolute atomic E-state index is 0.114. The minimum Gasteiger partial charge on any atom is -0.478 e. The second-order valence-corrected chi connectivity index (χ2v) is 5.40. The summed E-state index contributed by atoms with van der Waals surface area (Å²) in [4.78, 5) is 11.0. The minimum atomic E-state index is -4.57. The largest absolute Gasteiger partial charge is 0.478 e. The average molecular weight is 323 g/mol. The summed E-state index contributed by atoms with van der Waals surface area (Å²) in [5, 5.41) is 20.4. The van der Waals surface area contributed by atoms with Gasteiger partial charge in [0.05, 0.1) is 11.1 Å². The van der Waals surface area contributed by atoms with Crippen molar-refractivity contribution in [3.05, 3.63) is 29.3 Å². The van der Waals surface area contributed by atoms with E-state index in [1.54, 1.807) is 11.8 Å². The summed E-state index contributed by atoms with van der Waals surface area (Å²) in [5.41, 5.74) is -1.22. The summed E-state index contributed by atoms with van der Waals surface area (Å²) < 4.78 is 37.7. The number of carbonyl (C=O) groups is 1. The molecule has 0 heterocycles. The van der Waals surface area contributed by atoms with E-state index in [2.05, 4.69) is 5.32 Å². The number of aliphatic hydroxyl groups is 1. The van der Waals surface area contributed by atoms with Crippen molar-refractivity contribution in [3.63, 3.8) is 0 Å². The zero-order valence-electron chi connectivity index (χ0n) is 11.1. The number of anilines is 1. The van der Waals surface area contributed by atoms with Crippen LogP contribution in [-0.4, -0.2) is 40.8 Å². The molecule has 3 N–H and O–H groups in total. The first-order valence-corrected chi connectivity index (χ1v) is 7.38. The smallest absolute Gasteiger partial charge is 0.416 e. The van der Waals surface area contributed by atoms with Crippen molar-refractivity contribution in [1.82, 2.24) is 0 Å². The van der Waals surface area contributed by atoms with Crippen molar-refractivity contribution in [1.29, 1.82) is 0 Å². The Balaban J connectivity index is 2.67. The first kappa shape index (κ1) is 17.6. The molecule has 0 fully saturated rings. The Morgan fingerprint density at radius 2 is 2.00 bits per heavy atom. The van der Waals surface area contributed by atoms with Crippen LogP contribution in [0.5, 0.6) is 0 Å². The lowest BCUT2D eigenvalue weighted by Gasteiger charge is -2.12. The molecule has 0 aliphatic carbocycles. The van der Waals surface area contributed by atoms with Gasteiger partial charge in [0.1, 0.15) is 0 Å². The number of thioether (sulfide) groups is 1. The molecule has 0 unspecified atom stereocenters. The van der Waals surface area contributed by atoms with Gasteiger partial charge in [0, 0.05) is 24.6 Å². The summed E-state index contributed by atoms with van der Waals surface area (Å²) in [6.07, 6.45) is -3.89. The number of nitrogens with one attached hydrogen (secondary N) is 1. The maximum Gasteiger partial charge on any atom is 0.416 e. The van der Waals surface area contributed by atoms with E-state index < -0.39 is 23.3 Å². The quantitative estimate of drug-likeness (QED) is 0.642. The Morgan fingerprint density at radius 1 is 1.29 bits per heavy atom. The van der Waals surface area contributed by atoms with E-state index in [-0.39, 0.29) is 12.3 Å². The zero-order valence-corrected chi connectivity index (χ0v) is 11.9. The van der Waals surface area contributed by atoms with Crippen LogP contribution in [-0.2, 0) is 6.18 Å². The summed E-state index contributed by atoms with van der Waals surface area (Å²) in [6.45, 7) is 0.546. The van der Waals surface area contributed by atoms with Gasteiger partial charge in [0.15, 0.2) is 0 Å². The third-order valence-corrected chi connectivity index (χ3v) is 3.66. The van der Waals surface area contributed by atoms with Crippen LogP contribution in [0.2, 0.25) is 0 Å². The number of benzene rings is 1. The Bertz CT molecular complexity index is 480. The summed E-state index contributed by atoms with van der Waals surface area (Å²) >= 11 is 1.57. The molecule has 0 radical (unpaired) electrons. The third-order valence-electron chi connectivity index (χ3n) is 2.59. The van der Waals surface area contributed by atoms with Gasteiger partial charge in [-0.25, -0.2) is 4.79 Å². The maximum absolute atomic E-state index is 12.6. The van der Waals surface area contributed by atoms with Crippen LogP contribution in [0.3, 0.4) is 0 Å². The average Bonchev–Trinajstić information content (AvgIpc) is 2.41. The highest BCUT2D eigenvalue weighted by atomic mass is 32.2. The molecule has 0 aliphatic heterocycles. The molecule has 0 atom stereocenters. The van der Waals surface area contributed by atoms with Crippen molar-refractivity contribution >= 4 is 23.4 Å². The molecule has 1 rings (SSSR count). The lowest BCUT2D eigenvalue weighted by molar-refractivity contribution is -0.137. The molecule has 0 bridgehead atoms. The Labute approximate surface area is 124 Å². The monoisotopic (exact) mass is 323 g/mol. The van der Waals surface area contributed by atoms with Gasteiger partial charge >= 0.3 is 12.1 Å². The fourth-order valence-electron chi connectivity index (χ4n) is 1.58. The van der Waals surface area contributed by atoms with Gasteiger partial charge in [0.25, 0.3) is 0 Å². The van der Waals surface area contributed by atoms with Gasteiger partial charge < -0.3 is 15.5 Å². The molecule has 8 heteroatoms. The standard InChI is InChI=1S/C13H16F3NO3S/c14-13(15,16)9-2-3-11(10(8-9)12(19)20)17-4-7-21-6-1-5-18/h2-3,8,17-18H,1,4-7H2,(H,19,20). The number of rotatable bonds is 8. The van der Waals surface area contributed by atoms with E-state index in [0.717, 1.165) is 17.9 Å². The SMILES string of the molecule is O=C(O)c1cc(C(F)(F)F)ccc1NCCSCCCO. The number of hydrogen-bond donors (Lipinski definition) is 3. The Hall–Kier alpha value is -1.41. The molecular formula is C13H16F3NO3S. The van der Waals surface area contributed by atoms with Crippen molar-refractivity contribution in [2.75, 3.05) is 30.0 Å².